The zero-order chi connectivity index (χ0) is 21.0. The lowest BCUT2D eigenvalue weighted by Crippen LogP contribution is -2.35. The third-order valence-corrected chi connectivity index (χ3v) is 6.68. The average molecular weight is 404 g/mol. The van der Waals surface area contributed by atoms with Crippen LogP contribution in [0, 0.1) is 37.5 Å². The Bertz CT molecular complexity index is 1020. The number of anilines is 2. The minimum absolute atomic E-state index is 0.0199. The maximum absolute atomic E-state index is 12.9. The van der Waals surface area contributed by atoms with Gasteiger partial charge >= 0.3 is 5.97 Å². The summed E-state index contributed by atoms with van der Waals surface area (Å²) >= 11 is 0. The molecule has 6 nitrogen and oxygen atoms in total. The Labute approximate surface area is 175 Å². The van der Waals surface area contributed by atoms with Crippen molar-refractivity contribution in [2.24, 2.45) is 23.7 Å². The summed E-state index contributed by atoms with van der Waals surface area (Å²) in [5.41, 5.74) is 4.05. The SMILES string of the molecule is Cc1cc(C)cc(NC(=O)c2ccc(NC(=O)[C@@H]3[C@H]4C[C@@H]5[C@@H]3C(=O)O[C@@H]5C4)cc2)c1. The molecule has 3 aliphatic rings. The number of hydrogen-bond donors (Lipinski definition) is 2. The Balaban J connectivity index is 1.25. The van der Waals surface area contributed by atoms with E-state index in [0.29, 0.717) is 11.3 Å². The Morgan fingerprint density at radius 1 is 0.933 bits per heavy atom. The van der Waals surface area contributed by atoms with Crippen molar-refractivity contribution in [3.63, 3.8) is 0 Å². The molecule has 1 heterocycles. The lowest BCUT2D eigenvalue weighted by Gasteiger charge is -2.23. The van der Waals surface area contributed by atoms with Crippen molar-refractivity contribution >= 4 is 29.2 Å². The first kappa shape index (κ1) is 18.9. The lowest BCUT2D eigenvalue weighted by molar-refractivity contribution is -0.145. The van der Waals surface area contributed by atoms with E-state index in [-0.39, 0.29) is 47.6 Å². The fraction of sp³-hybridized carbons (Fsp3) is 0.375. The predicted octanol–water partition coefficient (Wildman–Crippen LogP) is 3.69. The molecular formula is C24H24N2O4. The van der Waals surface area contributed by atoms with E-state index in [4.69, 9.17) is 4.74 Å². The highest BCUT2D eigenvalue weighted by Crippen LogP contribution is 2.57. The Morgan fingerprint density at radius 2 is 1.63 bits per heavy atom. The third kappa shape index (κ3) is 3.16. The van der Waals surface area contributed by atoms with E-state index in [1.165, 1.54) is 0 Å². The normalized spacial score (nSPS) is 28.3. The molecule has 2 bridgehead atoms. The molecule has 30 heavy (non-hydrogen) atoms. The van der Waals surface area contributed by atoms with E-state index < -0.39 is 0 Å². The maximum atomic E-state index is 12.9. The highest BCUT2D eigenvalue weighted by Gasteiger charge is 2.63. The van der Waals surface area contributed by atoms with Crippen LogP contribution in [0.25, 0.3) is 0 Å². The highest BCUT2D eigenvalue weighted by molar-refractivity contribution is 6.05. The van der Waals surface area contributed by atoms with Gasteiger partial charge in [0.05, 0.1) is 11.8 Å². The molecule has 0 unspecified atom stereocenters. The molecule has 0 spiro atoms. The number of ether oxygens (including phenoxy) is 1. The number of fused-ring (bicyclic) bond motifs is 1. The summed E-state index contributed by atoms with van der Waals surface area (Å²) in [5, 5.41) is 5.83. The van der Waals surface area contributed by atoms with Gasteiger partial charge in [-0.3, -0.25) is 14.4 Å². The van der Waals surface area contributed by atoms with E-state index in [1.54, 1.807) is 24.3 Å². The summed E-state index contributed by atoms with van der Waals surface area (Å²) in [6.07, 6.45) is 1.71. The Morgan fingerprint density at radius 3 is 2.33 bits per heavy atom. The van der Waals surface area contributed by atoms with Crippen LogP contribution in [0.2, 0.25) is 0 Å². The molecular weight excluding hydrogens is 380 g/mol. The number of nitrogens with one attached hydrogen (secondary N) is 2. The minimum Gasteiger partial charge on any atom is -0.462 e. The van der Waals surface area contributed by atoms with Crippen molar-refractivity contribution in [2.75, 3.05) is 10.6 Å². The van der Waals surface area contributed by atoms with Crippen molar-refractivity contribution in [3.8, 4) is 0 Å². The molecule has 2 amide bonds. The number of benzene rings is 2. The Kier molecular flexibility index (Phi) is 4.38. The summed E-state index contributed by atoms with van der Waals surface area (Å²) in [6, 6.07) is 12.7. The predicted molar refractivity (Wildman–Crippen MR) is 112 cm³/mol. The molecule has 0 radical (unpaired) electrons. The fourth-order valence-corrected chi connectivity index (χ4v) is 5.54. The molecule has 2 N–H and O–H groups in total. The number of amides is 2. The second-order valence-electron chi connectivity index (χ2n) is 8.82. The van der Waals surface area contributed by atoms with Crippen LogP contribution in [0.4, 0.5) is 11.4 Å². The van der Waals surface area contributed by atoms with Gasteiger partial charge in [0.2, 0.25) is 5.91 Å². The number of rotatable bonds is 4. The van der Waals surface area contributed by atoms with Gasteiger partial charge in [-0.25, -0.2) is 0 Å². The first-order valence-corrected chi connectivity index (χ1v) is 10.4. The smallest absolute Gasteiger partial charge is 0.310 e. The topological polar surface area (TPSA) is 84.5 Å². The second kappa shape index (κ2) is 6.97. The van der Waals surface area contributed by atoms with Crippen LogP contribution in [-0.4, -0.2) is 23.9 Å². The number of esters is 1. The molecule has 2 aliphatic carbocycles. The summed E-state index contributed by atoms with van der Waals surface area (Å²) in [6.45, 7) is 3.98. The van der Waals surface area contributed by atoms with Gasteiger partial charge in [-0.15, -0.1) is 0 Å². The minimum atomic E-state index is -0.311. The van der Waals surface area contributed by atoms with Gasteiger partial charge < -0.3 is 15.4 Å². The first-order valence-electron chi connectivity index (χ1n) is 10.4. The van der Waals surface area contributed by atoms with E-state index >= 15 is 0 Å². The molecule has 5 rings (SSSR count). The van der Waals surface area contributed by atoms with Crippen LogP contribution in [0.15, 0.2) is 42.5 Å². The fourth-order valence-electron chi connectivity index (χ4n) is 5.54. The zero-order valence-electron chi connectivity index (χ0n) is 17.0. The van der Waals surface area contributed by atoms with Gasteiger partial charge in [0, 0.05) is 22.9 Å². The van der Waals surface area contributed by atoms with Crippen molar-refractivity contribution in [2.45, 2.75) is 32.8 Å². The lowest BCUT2D eigenvalue weighted by atomic mass is 9.79. The van der Waals surface area contributed by atoms with E-state index in [1.807, 2.05) is 26.0 Å². The van der Waals surface area contributed by atoms with Crippen molar-refractivity contribution in [1.29, 1.82) is 0 Å². The molecule has 6 heteroatoms. The van der Waals surface area contributed by atoms with Gasteiger partial charge in [-0.1, -0.05) is 6.07 Å². The number of carbonyl (C=O) groups is 3. The summed E-state index contributed by atoms with van der Waals surface area (Å²) in [4.78, 5) is 37.5. The van der Waals surface area contributed by atoms with Gasteiger partial charge in [-0.05, 0) is 80.1 Å². The van der Waals surface area contributed by atoms with Crippen molar-refractivity contribution < 1.29 is 19.1 Å². The van der Waals surface area contributed by atoms with Crippen LogP contribution in [0.5, 0.6) is 0 Å². The molecule has 1 saturated heterocycles. The molecule has 2 aromatic carbocycles. The molecule has 154 valence electrons. The summed E-state index contributed by atoms with van der Waals surface area (Å²) in [7, 11) is 0. The largest absolute Gasteiger partial charge is 0.462 e. The quantitative estimate of drug-likeness (QED) is 0.761. The van der Waals surface area contributed by atoms with Crippen LogP contribution in [-0.2, 0) is 14.3 Å². The van der Waals surface area contributed by atoms with E-state index in [2.05, 4.69) is 16.7 Å². The number of carbonyl (C=O) groups excluding carboxylic acids is 3. The van der Waals surface area contributed by atoms with Crippen LogP contribution >= 0.6 is 0 Å². The molecule has 5 atom stereocenters. The highest BCUT2D eigenvalue weighted by atomic mass is 16.6. The van der Waals surface area contributed by atoms with E-state index in [0.717, 1.165) is 29.7 Å². The van der Waals surface area contributed by atoms with Gasteiger partial charge in [-0.2, -0.15) is 0 Å². The Hall–Kier alpha value is -3.15. The number of aryl methyl sites for hydroxylation is 2. The van der Waals surface area contributed by atoms with E-state index in [9.17, 15) is 14.4 Å². The number of hydrogen-bond acceptors (Lipinski definition) is 4. The molecule has 2 saturated carbocycles. The zero-order valence-corrected chi connectivity index (χ0v) is 17.0. The maximum Gasteiger partial charge on any atom is 0.310 e. The van der Waals surface area contributed by atoms with Crippen LogP contribution in [0.3, 0.4) is 0 Å². The van der Waals surface area contributed by atoms with Crippen molar-refractivity contribution in [3.05, 3.63) is 59.2 Å². The molecule has 3 fully saturated rings. The molecule has 0 aromatic heterocycles. The van der Waals surface area contributed by atoms with Gasteiger partial charge in [0.1, 0.15) is 6.10 Å². The standard InChI is InChI=1S/C24H24N2O4/c1-12-7-13(2)9-17(8-12)26-22(27)14-3-5-16(6-4-14)25-23(28)20-15-10-18-19(11-15)30-24(29)21(18)20/h3-9,15,18-21H,10-11H2,1-2H3,(H,25,28)(H,26,27)/t15-,18-,19+,20+,21-/m0/s1. The molecule has 1 aliphatic heterocycles. The monoisotopic (exact) mass is 404 g/mol. The van der Waals surface area contributed by atoms with Crippen LogP contribution in [0.1, 0.15) is 34.3 Å². The van der Waals surface area contributed by atoms with Gasteiger partial charge in [0.25, 0.3) is 5.91 Å². The summed E-state index contributed by atoms with van der Waals surface area (Å²) < 4.78 is 5.41. The van der Waals surface area contributed by atoms with Crippen molar-refractivity contribution in [1.82, 2.24) is 0 Å². The second-order valence-corrected chi connectivity index (χ2v) is 8.82. The average Bonchev–Trinajstić information content (AvgIpc) is 3.30. The molecule has 2 aromatic rings. The first-order chi connectivity index (χ1) is 14.4. The summed E-state index contributed by atoms with van der Waals surface area (Å²) in [5.74, 6) is -0.731. The van der Waals surface area contributed by atoms with Crippen LogP contribution < -0.4 is 10.6 Å². The van der Waals surface area contributed by atoms with Gasteiger partial charge in [0.15, 0.2) is 0 Å². The third-order valence-electron chi connectivity index (χ3n) is 6.68.